The van der Waals surface area contributed by atoms with Crippen molar-refractivity contribution in [3.8, 4) is 17.6 Å². The van der Waals surface area contributed by atoms with Crippen LogP contribution in [-0.4, -0.2) is 18.0 Å². The zero-order chi connectivity index (χ0) is 14.6. The van der Waals surface area contributed by atoms with Gasteiger partial charge < -0.3 is 9.84 Å². The van der Waals surface area contributed by atoms with Crippen molar-refractivity contribution in [1.29, 1.82) is 5.26 Å². The second kappa shape index (κ2) is 6.39. The summed E-state index contributed by atoms with van der Waals surface area (Å²) in [5, 5.41) is 18.7. The van der Waals surface area contributed by atoms with Gasteiger partial charge in [-0.2, -0.15) is 5.26 Å². The summed E-state index contributed by atoms with van der Waals surface area (Å²) in [7, 11) is 1.43. The van der Waals surface area contributed by atoms with Crippen LogP contribution in [0.5, 0.6) is 11.5 Å². The molecule has 0 spiro atoms. The van der Waals surface area contributed by atoms with E-state index in [2.05, 4.69) is 15.9 Å². The summed E-state index contributed by atoms with van der Waals surface area (Å²) in [4.78, 5) is 11.8. The molecule has 1 rings (SSSR count). The lowest BCUT2D eigenvalue weighted by Crippen LogP contribution is -2.08. The van der Waals surface area contributed by atoms with Crippen LogP contribution in [0.1, 0.15) is 19.4 Å². The third kappa shape index (κ3) is 3.58. The van der Waals surface area contributed by atoms with Gasteiger partial charge in [-0.3, -0.25) is 4.79 Å². The first-order valence-electron chi connectivity index (χ1n) is 5.63. The number of rotatable bonds is 4. The van der Waals surface area contributed by atoms with Crippen molar-refractivity contribution in [3.05, 3.63) is 27.7 Å². The van der Waals surface area contributed by atoms with Gasteiger partial charge in [0.25, 0.3) is 0 Å². The highest BCUT2D eigenvalue weighted by Crippen LogP contribution is 2.35. The quantitative estimate of drug-likeness (QED) is 0.681. The predicted octanol–water partition coefficient (Wildman–Crippen LogP) is 3.30. The van der Waals surface area contributed by atoms with E-state index in [1.54, 1.807) is 26.0 Å². The number of ether oxygens (including phenoxy) is 1. The van der Waals surface area contributed by atoms with Gasteiger partial charge in [0.1, 0.15) is 6.07 Å². The third-order valence-corrected chi connectivity index (χ3v) is 3.10. The number of benzene rings is 1. The zero-order valence-corrected chi connectivity index (χ0v) is 12.5. The lowest BCUT2D eigenvalue weighted by molar-refractivity contribution is -0.117. The molecule has 4 nitrogen and oxygen atoms in total. The number of phenolic OH excluding ortho intramolecular Hbond substituents is 1. The number of carbonyl (C=O) groups is 1. The molecule has 0 aliphatic carbocycles. The van der Waals surface area contributed by atoms with Crippen LogP contribution in [0.3, 0.4) is 0 Å². The number of carbonyl (C=O) groups excluding carboxylic acids is 1. The Balaban J connectivity index is 3.28. The van der Waals surface area contributed by atoms with Crippen molar-refractivity contribution < 1.29 is 14.6 Å². The van der Waals surface area contributed by atoms with Gasteiger partial charge in [0.2, 0.25) is 0 Å². The van der Waals surface area contributed by atoms with Gasteiger partial charge in [-0.05, 0) is 39.7 Å². The van der Waals surface area contributed by atoms with E-state index in [0.717, 1.165) is 0 Å². The second-order valence-corrected chi connectivity index (χ2v) is 5.10. The fraction of sp³-hybridized carbons (Fsp3) is 0.286. The Morgan fingerprint density at radius 2 is 2.16 bits per heavy atom. The maximum Gasteiger partial charge on any atom is 0.175 e. The van der Waals surface area contributed by atoms with Gasteiger partial charge in [0, 0.05) is 5.92 Å². The minimum Gasteiger partial charge on any atom is -0.503 e. The number of nitrogens with zero attached hydrogens (tertiary/aromatic N) is 1. The molecule has 0 saturated heterocycles. The molecule has 0 atom stereocenters. The normalized spacial score (nSPS) is 11.3. The summed E-state index contributed by atoms with van der Waals surface area (Å²) in [6.45, 7) is 3.47. The number of nitriles is 1. The average molecular weight is 324 g/mol. The number of hydrogen-bond acceptors (Lipinski definition) is 4. The van der Waals surface area contributed by atoms with Crippen LogP contribution in [0.4, 0.5) is 0 Å². The van der Waals surface area contributed by atoms with Crippen molar-refractivity contribution in [1.82, 2.24) is 0 Å². The van der Waals surface area contributed by atoms with Gasteiger partial charge in [0.15, 0.2) is 17.3 Å². The lowest BCUT2D eigenvalue weighted by atomic mass is 10.00. The number of halogens is 1. The van der Waals surface area contributed by atoms with Crippen molar-refractivity contribution in [2.24, 2.45) is 5.92 Å². The Morgan fingerprint density at radius 1 is 1.53 bits per heavy atom. The van der Waals surface area contributed by atoms with Crippen LogP contribution < -0.4 is 4.74 Å². The number of allylic oxidation sites excluding steroid dienone is 1. The van der Waals surface area contributed by atoms with E-state index in [1.165, 1.54) is 13.2 Å². The van der Waals surface area contributed by atoms with Crippen LogP contribution in [0.15, 0.2) is 22.2 Å². The van der Waals surface area contributed by atoms with Crippen LogP contribution in [0.2, 0.25) is 0 Å². The number of ketones is 1. The van der Waals surface area contributed by atoms with Crippen LogP contribution >= 0.6 is 15.9 Å². The van der Waals surface area contributed by atoms with Gasteiger partial charge in [-0.25, -0.2) is 0 Å². The number of Topliss-reactive ketones (excluding diaryl/α,β-unsaturated/α-hetero) is 1. The van der Waals surface area contributed by atoms with Crippen LogP contribution in [0, 0.1) is 17.2 Å². The van der Waals surface area contributed by atoms with Crippen LogP contribution in [-0.2, 0) is 4.79 Å². The van der Waals surface area contributed by atoms with E-state index in [-0.39, 0.29) is 28.8 Å². The summed E-state index contributed by atoms with van der Waals surface area (Å²) >= 11 is 3.19. The van der Waals surface area contributed by atoms with Gasteiger partial charge in [-0.1, -0.05) is 13.8 Å². The van der Waals surface area contributed by atoms with E-state index in [9.17, 15) is 9.90 Å². The van der Waals surface area contributed by atoms with Crippen molar-refractivity contribution in [2.75, 3.05) is 7.11 Å². The summed E-state index contributed by atoms with van der Waals surface area (Å²) in [5.74, 6) is -0.206. The number of hydrogen-bond donors (Lipinski definition) is 1. The summed E-state index contributed by atoms with van der Waals surface area (Å²) in [5.41, 5.74) is 0.682. The zero-order valence-electron chi connectivity index (χ0n) is 10.9. The molecule has 1 aromatic rings. The van der Waals surface area contributed by atoms with Gasteiger partial charge in [-0.15, -0.1) is 0 Å². The smallest absolute Gasteiger partial charge is 0.175 e. The Bertz CT molecular complexity index is 571. The molecule has 100 valence electrons. The Labute approximate surface area is 120 Å². The molecule has 0 amide bonds. The summed E-state index contributed by atoms with van der Waals surface area (Å²) in [6, 6.07) is 5.07. The summed E-state index contributed by atoms with van der Waals surface area (Å²) < 4.78 is 5.45. The molecular formula is C14H14BrNO3. The summed E-state index contributed by atoms with van der Waals surface area (Å²) in [6.07, 6.45) is 1.48. The number of aromatic hydroxyl groups is 1. The molecule has 0 radical (unpaired) electrons. The molecule has 0 unspecified atom stereocenters. The molecule has 1 N–H and O–H groups in total. The standard InChI is InChI=1S/C14H14BrNO3/c1-8(2)13(17)10(7-16)4-9-5-11(15)14(18)12(6-9)19-3/h4-6,8,18H,1-3H3. The van der Waals surface area contributed by atoms with Gasteiger partial charge in [0.05, 0.1) is 17.2 Å². The Morgan fingerprint density at radius 3 is 2.63 bits per heavy atom. The first-order chi connectivity index (χ1) is 8.90. The molecule has 19 heavy (non-hydrogen) atoms. The van der Waals surface area contributed by atoms with E-state index < -0.39 is 0 Å². The number of methoxy groups -OCH3 is 1. The minimum absolute atomic E-state index is 0.0201. The highest BCUT2D eigenvalue weighted by Gasteiger charge is 2.14. The maximum atomic E-state index is 11.8. The van der Waals surface area contributed by atoms with Crippen molar-refractivity contribution in [3.63, 3.8) is 0 Å². The molecule has 0 saturated carbocycles. The fourth-order valence-electron chi connectivity index (χ4n) is 1.47. The fourth-order valence-corrected chi connectivity index (χ4v) is 1.93. The molecule has 0 aliphatic rings. The topological polar surface area (TPSA) is 70.3 Å². The Hall–Kier alpha value is -1.80. The first-order valence-corrected chi connectivity index (χ1v) is 6.42. The first kappa shape index (κ1) is 15.3. The molecular weight excluding hydrogens is 310 g/mol. The van der Waals surface area contributed by atoms with E-state index in [0.29, 0.717) is 10.0 Å². The predicted molar refractivity (Wildman–Crippen MR) is 75.8 cm³/mol. The third-order valence-electron chi connectivity index (χ3n) is 2.49. The lowest BCUT2D eigenvalue weighted by Gasteiger charge is -2.07. The minimum atomic E-state index is -0.242. The van der Waals surface area contributed by atoms with E-state index in [1.807, 2.05) is 6.07 Å². The van der Waals surface area contributed by atoms with Crippen molar-refractivity contribution >= 4 is 27.8 Å². The van der Waals surface area contributed by atoms with E-state index in [4.69, 9.17) is 10.00 Å². The Kier molecular flexibility index (Phi) is 5.13. The molecule has 0 heterocycles. The largest absolute Gasteiger partial charge is 0.503 e. The second-order valence-electron chi connectivity index (χ2n) is 4.24. The van der Waals surface area contributed by atoms with Crippen LogP contribution in [0.25, 0.3) is 6.08 Å². The highest BCUT2D eigenvalue weighted by molar-refractivity contribution is 9.10. The maximum absolute atomic E-state index is 11.8. The molecule has 0 bridgehead atoms. The number of phenols is 1. The molecule has 0 aromatic heterocycles. The average Bonchev–Trinajstić information content (AvgIpc) is 2.38. The van der Waals surface area contributed by atoms with E-state index >= 15 is 0 Å². The molecule has 0 aliphatic heterocycles. The van der Waals surface area contributed by atoms with Gasteiger partial charge >= 0.3 is 0 Å². The molecule has 5 heteroatoms. The van der Waals surface area contributed by atoms with Crippen molar-refractivity contribution in [2.45, 2.75) is 13.8 Å². The molecule has 0 fully saturated rings. The molecule has 1 aromatic carbocycles. The highest BCUT2D eigenvalue weighted by atomic mass is 79.9. The monoisotopic (exact) mass is 323 g/mol. The SMILES string of the molecule is COc1cc(C=C(C#N)C(=O)C(C)C)cc(Br)c1O.